The van der Waals surface area contributed by atoms with Gasteiger partial charge in [-0.25, -0.2) is 4.79 Å². The molecule has 1 fully saturated rings. The smallest absolute Gasteiger partial charge is 0.335 e. The van der Waals surface area contributed by atoms with E-state index in [1.54, 1.807) is 18.2 Å². The third kappa shape index (κ3) is 2.44. The number of carbonyl (C=O) groups is 1. The number of nitriles is 1. The molecule has 0 spiro atoms. The molecular formula is C13H14N2O3. The summed E-state index contributed by atoms with van der Waals surface area (Å²) in [5, 5.41) is 17.8. The SMILES string of the molecule is Cc1cc(C(=O)O)ccc1N1CCOC(C#N)C1. The molecule has 1 heterocycles. The van der Waals surface area contributed by atoms with Crippen LogP contribution in [0.3, 0.4) is 0 Å². The van der Waals surface area contributed by atoms with Crippen molar-refractivity contribution in [1.29, 1.82) is 5.26 Å². The van der Waals surface area contributed by atoms with Crippen molar-refractivity contribution in [2.24, 2.45) is 0 Å². The van der Waals surface area contributed by atoms with Crippen LogP contribution < -0.4 is 4.90 Å². The number of aromatic carboxylic acids is 1. The maximum Gasteiger partial charge on any atom is 0.335 e. The molecular weight excluding hydrogens is 232 g/mol. The number of carboxylic acid groups (broad SMARTS) is 1. The van der Waals surface area contributed by atoms with Gasteiger partial charge in [-0.15, -0.1) is 0 Å². The van der Waals surface area contributed by atoms with Gasteiger partial charge in [0.2, 0.25) is 0 Å². The lowest BCUT2D eigenvalue weighted by Crippen LogP contribution is -2.42. The summed E-state index contributed by atoms with van der Waals surface area (Å²) >= 11 is 0. The van der Waals surface area contributed by atoms with E-state index in [0.717, 1.165) is 11.3 Å². The average Bonchev–Trinajstić information content (AvgIpc) is 2.38. The lowest BCUT2D eigenvalue weighted by molar-refractivity contribution is 0.0696. The topological polar surface area (TPSA) is 73.6 Å². The molecule has 1 aromatic carbocycles. The van der Waals surface area contributed by atoms with Crippen LogP contribution in [0.25, 0.3) is 0 Å². The molecule has 94 valence electrons. The Balaban J connectivity index is 2.23. The van der Waals surface area contributed by atoms with Gasteiger partial charge in [-0.1, -0.05) is 0 Å². The van der Waals surface area contributed by atoms with E-state index < -0.39 is 12.1 Å². The van der Waals surface area contributed by atoms with Gasteiger partial charge in [0.25, 0.3) is 0 Å². The Morgan fingerprint density at radius 1 is 1.61 bits per heavy atom. The molecule has 0 aliphatic carbocycles. The average molecular weight is 246 g/mol. The van der Waals surface area contributed by atoms with Crippen molar-refractivity contribution in [3.63, 3.8) is 0 Å². The van der Waals surface area contributed by atoms with Crippen LogP contribution in [0.1, 0.15) is 15.9 Å². The van der Waals surface area contributed by atoms with Crippen LogP contribution in [0.5, 0.6) is 0 Å². The van der Waals surface area contributed by atoms with Gasteiger partial charge < -0.3 is 14.7 Å². The van der Waals surface area contributed by atoms with E-state index in [2.05, 4.69) is 11.0 Å². The Labute approximate surface area is 105 Å². The van der Waals surface area contributed by atoms with E-state index in [1.807, 2.05) is 6.92 Å². The van der Waals surface area contributed by atoms with Crippen molar-refractivity contribution >= 4 is 11.7 Å². The minimum absolute atomic E-state index is 0.279. The highest BCUT2D eigenvalue weighted by Gasteiger charge is 2.21. The van der Waals surface area contributed by atoms with Crippen LogP contribution in [0.2, 0.25) is 0 Å². The van der Waals surface area contributed by atoms with Crippen LogP contribution in [0.4, 0.5) is 5.69 Å². The monoisotopic (exact) mass is 246 g/mol. The van der Waals surface area contributed by atoms with Gasteiger partial charge in [0, 0.05) is 12.2 Å². The molecule has 1 saturated heterocycles. The molecule has 18 heavy (non-hydrogen) atoms. The molecule has 1 unspecified atom stereocenters. The Hall–Kier alpha value is -2.06. The number of hydrogen-bond donors (Lipinski definition) is 1. The molecule has 1 aliphatic rings. The van der Waals surface area contributed by atoms with Gasteiger partial charge in [-0.2, -0.15) is 5.26 Å². The largest absolute Gasteiger partial charge is 0.478 e. The molecule has 1 atom stereocenters. The minimum atomic E-state index is -0.929. The van der Waals surface area contributed by atoms with Crippen molar-refractivity contribution < 1.29 is 14.6 Å². The third-order valence-corrected chi connectivity index (χ3v) is 2.99. The first-order valence-electron chi connectivity index (χ1n) is 5.72. The lowest BCUT2D eigenvalue weighted by atomic mass is 10.1. The van der Waals surface area contributed by atoms with Crippen LogP contribution in [-0.4, -0.2) is 36.9 Å². The first kappa shape index (κ1) is 12.4. The molecule has 0 aromatic heterocycles. The maximum atomic E-state index is 10.9. The number of benzene rings is 1. The van der Waals surface area contributed by atoms with Crippen LogP contribution >= 0.6 is 0 Å². The van der Waals surface area contributed by atoms with E-state index in [9.17, 15) is 4.79 Å². The van der Waals surface area contributed by atoms with Gasteiger partial charge in [-0.05, 0) is 30.7 Å². The summed E-state index contributed by atoms with van der Waals surface area (Å²) in [5.41, 5.74) is 2.14. The Morgan fingerprint density at radius 2 is 2.39 bits per heavy atom. The Bertz CT molecular complexity index is 507. The molecule has 0 radical (unpaired) electrons. The fraction of sp³-hybridized carbons (Fsp3) is 0.385. The second kappa shape index (κ2) is 5.07. The number of hydrogen-bond acceptors (Lipinski definition) is 4. The summed E-state index contributed by atoms with van der Waals surface area (Å²) < 4.78 is 5.28. The predicted molar refractivity (Wildman–Crippen MR) is 65.7 cm³/mol. The first-order chi connectivity index (χ1) is 8.61. The zero-order valence-corrected chi connectivity index (χ0v) is 10.1. The summed E-state index contributed by atoms with van der Waals surface area (Å²) in [5.74, 6) is -0.929. The van der Waals surface area contributed by atoms with E-state index >= 15 is 0 Å². The van der Waals surface area contributed by atoms with Crippen molar-refractivity contribution in [2.45, 2.75) is 13.0 Å². The second-order valence-corrected chi connectivity index (χ2v) is 4.24. The third-order valence-electron chi connectivity index (χ3n) is 2.99. The van der Waals surface area contributed by atoms with Gasteiger partial charge in [-0.3, -0.25) is 0 Å². The fourth-order valence-electron chi connectivity index (χ4n) is 2.09. The van der Waals surface area contributed by atoms with E-state index in [-0.39, 0.29) is 5.56 Å². The Morgan fingerprint density at radius 3 is 3.00 bits per heavy atom. The number of morpholine rings is 1. The summed E-state index contributed by atoms with van der Waals surface area (Å²) in [7, 11) is 0. The van der Waals surface area contributed by atoms with Crippen molar-refractivity contribution in [1.82, 2.24) is 0 Å². The number of aryl methyl sites for hydroxylation is 1. The summed E-state index contributed by atoms with van der Waals surface area (Å²) in [4.78, 5) is 12.9. The second-order valence-electron chi connectivity index (χ2n) is 4.24. The van der Waals surface area contributed by atoms with Crippen LogP contribution in [0, 0.1) is 18.3 Å². The van der Waals surface area contributed by atoms with Crippen molar-refractivity contribution in [3.8, 4) is 6.07 Å². The predicted octanol–water partition coefficient (Wildman–Crippen LogP) is 1.42. The highest BCUT2D eigenvalue weighted by molar-refractivity contribution is 5.88. The number of carboxylic acids is 1. The van der Waals surface area contributed by atoms with E-state index in [1.165, 1.54) is 0 Å². The van der Waals surface area contributed by atoms with Gasteiger partial charge in [0.05, 0.1) is 24.8 Å². The zero-order valence-electron chi connectivity index (χ0n) is 10.1. The van der Waals surface area contributed by atoms with E-state index in [4.69, 9.17) is 15.1 Å². The number of anilines is 1. The molecule has 0 saturated carbocycles. The molecule has 1 aliphatic heterocycles. The molecule has 0 bridgehead atoms. The van der Waals surface area contributed by atoms with Crippen molar-refractivity contribution in [2.75, 3.05) is 24.6 Å². The number of nitrogens with zero attached hydrogens (tertiary/aromatic N) is 2. The van der Waals surface area contributed by atoms with Crippen LogP contribution in [0.15, 0.2) is 18.2 Å². The first-order valence-corrected chi connectivity index (χ1v) is 5.72. The Kier molecular flexibility index (Phi) is 3.49. The quantitative estimate of drug-likeness (QED) is 0.854. The standard InChI is InChI=1S/C13H14N2O3/c1-9-6-10(13(16)17)2-3-12(9)15-4-5-18-11(7-14)8-15/h2-3,6,11H,4-5,8H2,1H3,(H,16,17). The molecule has 1 N–H and O–H groups in total. The highest BCUT2D eigenvalue weighted by Crippen LogP contribution is 2.23. The summed E-state index contributed by atoms with van der Waals surface area (Å²) in [6.45, 7) is 3.62. The zero-order chi connectivity index (χ0) is 13.1. The molecule has 5 heteroatoms. The van der Waals surface area contributed by atoms with Gasteiger partial charge in [0.1, 0.15) is 0 Å². The molecule has 2 rings (SSSR count). The maximum absolute atomic E-state index is 10.9. The van der Waals surface area contributed by atoms with Crippen LogP contribution in [-0.2, 0) is 4.74 Å². The normalized spacial score (nSPS) is 19.3. The number of rotatable bonds is 2. The summed E-state index contributed by atoms with van der Waals surface area (Å²) in [6, 6.07) is 7.12. The molecule has 0 amide bonds. The van der Waals surface area contributed by atoms with Gasteiger partial charge >= 0.3 is 5.97 Å². The molecule has 1 aromatic rings. The number of ether oxygens (including phenoxy) is 1. The lowest BCUT2D eigenvalue weighted by Gasteiger charge is -2.32. The van der Waals surface area contributed by atoms with Gasteiger partial charge in [0.15, 0.2) is 6.10 Å². The minimum Gasteiger partial charge on any atom is -0.478 e. The van der Waals surface area contributed by atoms with E-state index in [0.29, 0.717) is 19.7 Å². The highest BCUT2D eigenvalue weighted by atomic mass is 16.5. The fourth-order valence-corrected chi connectivity index (χ4v) is 2.09. The molecule has 5 nitrogen and oxygen atoms in total. The van der Waals surface area contributed by atoms with Crippen molar-refractivity contribution in [3.05, 3.63) is 29.3 Å². The summed E-state index contributed by atoms with van der Waals surface area (Å²) in [6.07, 6.45) is -0.419.